The minimum Gasteiger partial charge on any atom is -0.490 e. The predicted octanol–water partition coefficient (Wildman–Crippen LogP) is 3.11. The Morgan fingerprint density at radius 2 is 2.09 bits per heavy atom. The number of hydrogen-bond donors (Lipinski definition) is 1. The number of ether oxygens (including phenoxy) is 1. The summed E-state index contributed by atoms with van der Waals surface area (Å²) in [7, 11) is 0. The first-order valence-electron chi connectivity index (χ1n) is 7.61. The Kier molecular flexibility index (Phi) is 4.00. The predicted molar refractivity (Wildman–Crippen MR) is 88.7 cm³/mol. The second kappa shape index (κ2) is 6.10. The lowest BCUT2D eigenvalue weighted by Crippen LogP contribution is -2.33. The summed E-state index contributed by atoms with van der Waals surface area (Å²) in [5.41, 5.74) is 8.60. The molecule has 22 heavy (non-hydrogen) atoms. The third-order valence-corrected chi connectivity index (χ3v) is 3.88. The van der Waals surface area contributed by atoms with Gasteiger partial charge in [0.25, 0.3) is 0 Å². The fraction of sp³-hybridized carbons (Fsp3) is 0.278. The monoisotopic (exact) mass is 296 g/mol. The van der Waals surface area contributed by atoms with E-state index in [4.69, 9.17) is 10.5 Å². The van der Waals surface area contributed by atoms with Gasteiger partial charge < -0.3 is 15.4 Å². The summed E-state index contributed by atoms with van der Waals surface area (Å²) >= 11 is 0. The highest BCUT2D eigenvalue weighted by Crippen LogP contribution is 2.33. The molecule has 0 spiro atoms. The number of para-hydroxylation sites is 1. The first-order valence-corrected chi connectivity index (χ1v) is 7.61. The van der Waals surface area contributed by atoms with Crippen molar-refractivity contribution in [2.75, 3.05) is 30.3 Å². The molecule has 0 amide bonds. The number of nitrogens with zero attached hydrogens (tertiary/aromatic N) is 1. The third kappa shape index (κ3) is 2.64. The molecule has 2 aromatic carbocycles. The standard InChI is InChI=1S/C18H20N2O2/c1-2-9-20-10-11-22-17-12-13(7-8-16(17)20)18(21)14-5-3-4-6-15(14)19/h3-8,12H,2,9-11,19H2,1H3. The lowest BCUT2D eigenvalue weighted by atomic mass is 10.0. The Morgan fingerprint density at radius 3 is 2.86 bits per heavy atom. The number of rotatable bonds is 4. The molecule has 0 saturated carbocycles. The average molecular weight is 296 g/mol. The SMILES string of the molecule is CCCN1CCOc2cc(C(=O)c3ccccc3N)ccc21. The molecule has 1 heterocycles. The zero-order chi connectivity index (χ0) is 15.5. The number of carbonyl (C=O) groups excluding carboxylic acids is 1. The Balaban J connectivity index is 1.94. The van der Waals surface area contributed by atoms with E-state index in [0.29, 0.717) is 23.4 Å². The van der Waals surface area contributed by atoms with Gasteiger partial charge in [-0.05, 0) is 36.8 Å². The van der Waals surface area contributed by atoms with Crippen LogP contribution in [0.3, 0.4) is 0 Å². The third-order valence-electron chi connectivity index (χ3n) is 3.88. The Hall–Kier alpha value is -2.49. The van der Waals surface area contributed by atoms with Crippen LogP contribution < -0.4 is 15.4 Å². The molecule has 2 N–H and O–H groups in total. The Labute approximate surface area is 130 Å². The molecule has 0 unspecified atom stereocenters. The van der Waals surface area contributed by atoms with Crippen LogP contribution in [0.4, 0.5) is 11.4 Å². The van der Waals surface area contributed by atoms with Crippen molar-refractivity contribution in [1.82, 2.24) is 0 Å². The van der Waals surface area contributed by atoms with E-state index in [9.17, 15) is 4.79 Å². The number of nitrogen functional groups attached to an aromatic ring is 1. The van der Waals surface area contributed by atoms with Gasteiger partial charge in [0.2, 0.25) is 0 Å². The molecule has 114 valence electrons. The molecule has 0 aromatic heterocycles. The fourth-order valence-corrected chi connectivity index (χ4v) is 2.78. The summed E-state index contributed by atoms with van der Waals surface area (Å²) < 4.78 is 5.73. The number of anilines is 2. The van der Waals surface area contributed by atoms with Gasteiger partial charge in [-0.1, -0.05) is 19.1 Å². The van der Waals surface area contributed by atoms with E-state index in [2.05, 4.69) is 11.8 Å². The van der Waals surface area contributed by atoms with E-state index >= 15 is 0 Å². The minimum atomic E-state index is -0.0721. The van der Waals surface area contributed by atoms with Gasteiger partial charge in [0.05, 0.1) is 12.2 Å². The highest BCUT2D eigenvalue weighted by molar-refractivity contribution is 6.12. The molecule has 4 nitrogen and oxygen atoms in total. The second-order valence-electron chi connectivity index (χ2n) is 5.43. The molecular formula is C18H20N2O2. The Morgan fingerprint density at radius 1 is 1.27 bits per heavy atom. The maximum Gasteiger partial charge on any atom is 0.195 e. The van der Waals surface area contributed by atoms with Crippen molar-refractivity contribution in [2.24, 2.45) is 0 Å². The minimum absolute atomic E-state index is 0.0721. The van der Waals surface area contributed by atoms with E-state index in [1.165, 1.54) is 0 Å². The van der Waals surface area contributed by atoms with Crippen LogP contribution >= 0.6 is 0 Å². The molecule has 0 fully saturated rings. The van der Waals surface area contributed by atoms with E-state index in [1.807, 2.05) is 30.3 Å². The molecule has 1 aliphatic heterocycles. The molecule has 0 radical (unpaired) electrons. The van der Waals surface area contributed by atoms with Crippen LogP contribution in [-0.2, 0) is 0 Å². The van der Waals surface area contributed by atoms with Crippen molar-refractivity contribution < 1.29 is 9.53 Å². The van der Waals surface area contributed by atoms with E-state index in [0.717, 1.165) is 30.9 Å². The quantitative estimate of drug-likeness (QED) is 0.696. The molecule has 0 bridgehead atoms. The van der Waals surface area contributed by atoms with Crippen molar-refractivity contribution >= 4 is 17.2 Å². The molecule has 4 heteroatoms. The second-order valence-corrected chi connectivity index (χ2v) is 5.43. The largest absolute Gasteiger partial charge is 0.490 e. The summed E-state index contributed by atoms with van der Waals surface area (Å²) in [6.45, 7) is 4.69. The van der Waals surface area contributed by atoms with Gasteiger partial charge >= 0.3 is 0 Å². The topological polar surface area (TPSA) is 55.6 Å². The van der Waals surface area contributed by atoms with Crippen LogP contribution in [0.1, 0.15) is 29.3 Å². The molecular weight excluding hydrogens is 276 g/mol. The normalized spacial score (nSPS) is 13.4. The number of nitrogens with two attached hydrogens (primary N) is 1. The van der Waals surface area contributed by atoms with Crippen molar-refractivity contribution in [3.8, 4) is 5.75 Å². The fourth-order valence-electron chi connectivity index (χ4n) is 2.78. The molecule has 2 aromatic rings. The van der Waals surface area contributed by atoms with Crippen LogP contribution in [-0.4, -0.2) is 25.5 Å². The van der Waals surface area contributed by atoms with Crippen molar-refractivity contribution in [1.29, 1.82) is 0 Å². The van der Waals surface area contributed by atoms with Crippen LogP contribution in [0.25, 0.3) is 0 Å². The molecule has 0 atom stereocenters. The van der Waals surface area contributed by atoms with Crippen LogP contribution in [0.15, 0.2) is 42.5 Å². The number of carbonyl (C=O) groups is 1. The first kappa shape index (κ1) is 14.4. The van der Waals surface area contributed by atoms with E-state index in [-0.39, 0.29) is 5.78 Å². The summed E-state index contributed by atoms with van der Waals surface area (Å²) in [6.07, 6.45) is 1.08. The maximum atomic E-state index is 12.6. The highest BCUT2D eigenvalue weighted by Gasteiger charge is 2.20. The molecule has 3 rings (SSSR count). The number of hydrogen-bond acceptors (Lipinski definition) is 4. The summed E-state index contributed by atoms with van der Waals surface area (Å²) in [4.78, 5) is 14.9. The van der Waals surface area contributed by atoms with Gasteiger partial charge in [0.1, 0.15) is 12.4 Å². The van der Waals surface area contributed by atoms with Crippen LogP contribution in [0.5, 0.6) is 5.75 Å². The average Bonchev–Trinajstić information content (AvgIpc) is 2.55. The molecule has 1 aliphatic rings. The van der Waals surface area contributed by atoms with Crippen molar-refractivity contribution in [3.05, 3.63) is 53.6 Å². The molecule has 0 aliphatic carbocycles. The smallest absolute Gasteiger partial charge is 0.195 e. The van der Waals surface area contributed by atoms with Gasteiger partial charge in [0, 0.05) is 23.4 Å². The van der Waals surface area contributed by atoms with Gasteiger partial charge in [0.15, 0.2) is 5.78 Å². The summed E-state index contributed by atoms with van der Waals surface area (Å²) in [5, 5.41) is 0. The van der Waals surface area contributed by atoms with Crippen LogP contribution in [0, 0.1) is 0 Å². The van der Waals surface area contributed by atoms with Gasteiger partial charge in [-0.15, -0.1) is 0 Å². The van der Waals surface area contributed by atoms with Crippen molar-refractivity contribution in [3.63, 3.8) is 0 Å². The Bertz CT molecular complexity index is 697. The summed E-state index contributed by atoms with van der Waals surface area (Å²) in [6, 6.07) is 12.8. The zero-order valence-electron chi connectivity index (χ0n) is 12.7. The number of benzene rings is 2. The van der Waals surface area contributed by atoms with Crippen LogP contribution in [0.2, 0.25) is 0 Å². The van der Waals surface area contributed by atoms with Gasteiger partial charge in [-0.2, -0.15) is 0 Å². The highest BCUT2D eigenvalue weighted by atomic mass is 16.5. The number of ketones is 1. The lowest BCUT2D eigenvalue weighted by molar-refractivity contribution is 0.103. The maximum absolute atomic E-state index is 12.6. The first-order chi connectivity index (χ1) is 10.7. The number of fused-ring (bicyclic) bond motifs is 1. The van der Waals surface area contributed by atoms with Crippen molar-refractivity contribution in [2.45, 2.75) is 13.3 Å². The van der Waals surface area contributed by atoms with Gasteiger partial charge in [-0.25, -0.2) is 0 Å². The summed E-state index contributed by atoms with van der Waals surface area (Å²) in [5.74, 6) is 0.706. The van der Waals surface area contributed by atoms with Gasteiger partial charge in [-0.3, -0.25) is 4.79 Å². The van der Waals surface area contributed by atoms with E-state index in [1.54, 1.807) is 12.1 Å². The van der Waals surface area contributed by atoms with E-state index < -0.39 is 0 Å². The zero-order valence-corrected chi connectivity index (χ0v) is 12.7. The molecule has 0 saturated heterocycles. The lowest BCUT2D eigenvalue weighted by Gasteiger charge is -2.31.